The molecule has 0 radical (unpaired) electrons. The maximum Gasteiger partial charge on any atom is 0.254 e. The van der Waals surface area contributed by atoms with Gasteiger partial charge in [-0.15, -0.1) is 19.0 Å². The predicted molar refractivity (Wildman–Crippen MR) is 93.8 cm³/mol. The number of benzene rings is 1. The van der Waals surface area contributed by atoms with Crippen LogP contribution in [0, 0.1) is 0 Å². The van der Waals surface area contributed by atoms with Crippen molar-refractivity contribution in [2.24, 2.45) is 5.73 Å². The molecule has 1 amide bonds. The molecule has 1 saturated heterocycles. The summed E-state index contributed by atoms with van der Waals surface area (Å²) in [5.74, 6) is 1.23. The van der Waals surface area contributed by atoms with E-state index >= 15 is 0 Å². The molecule has 6 heteroatoms. The molecule has 23 heavy (non-hydrogen) atoms. The van der Waals surface area contributed by atoms with E-state index in [0.717, 1.165) is 18.4 Å². The van der Waals surface area contributed by atoms with Crippen molar-refractivity contribution in [1.82, 2.24) is 4.90 Å². The molecule has 0 aromatic heterocycles. The van der Waals surface area contributed by atoms with E-state index in [1.807, 2.05) is 11.0 Å². The highest BCUT2D eigenvalue weighted by Crippen LogP contribution is 2.33. The summed E-state index contributed by atoms with van der Waals surface area (Å²) in [6.45, 7) is 5.15. The number of halogens is 1. The second-order valence-electron chi connectivity index (χ2n) is 5.49. The minimum atomic E-state index is 0. The molecule has 1 fully saturated rings. The van der Waals surface area contributed by atoms with E-state index in [-0.39, 0.29) is 24.4 Å². The van der Waals surface area contributed by atoms with Crippen molar-refractivity contribution in [3.8, 4) is 11.5 Å². The fourth-order valence-electron chi connectivity index (χ4n) is 2.76. The quantitative estimate of drug-likeness (QED) is 0.836. The highest BCUT2D eigenvalue weighted by molar-refractivity contribution is 5.95. The molecule has 1 aliphatic heterocycles. The fourth-order valence-corrected chi connectivity index (χ4v) is 2.76. The Kier molecular flexibility index (Phi) is 7.39. The van der Waals surface area contributed by atoms with E-state index in [2.05, 4.69) is 6.58 Å². The van der Waals surface area contributed by atoms with E-state index in [1.165, 1.54) is 0 Å². The summed E-state index contributed by atoms with van der Waals surface area (Å²) in [6, 6.07) is 3.80. The van der Waals surface area contributed by atoms with Gasteiger partial charge in [-0.25, -0.2) is 0 Å². The first-order valence-corrected chi connectivity index (χ1v) is 7.51. The molecular weight excluding hydrogens is 316 g/mol. The summed E-state index contributed by atoms with van der Waals surface area (Å²) in [5.41, 5.74) is 7.41. The minimum absolute atomic E-state index is 0. The van der Waals surface area contributed by atoms with Crippen molar-refractivity contribution < 1.29 is 14.3 Å². The second-order valence-corrected chi connectivity index (χ2v) is 5.49. The maximum atomic E-state index is 12.7. The van der Waals surface area contributed by atoms with Gasteiger partial charge < -0.3 is 20.1 Å². The molecule has 2 N–H and O–H groups in total. The lowest BCUT2D eigenvalue weighted by Gasteiger charge is -2.30. The highest BCUT2D eigenvalue weighted by Gasteiger charge is 2.23. The standard InChI is InChI=1S/C17H24N2O3.ClH/c1-4-5-12-10-13(11-15(21-2)16(12)22-3)17(20)19-8-6-14(18)7-9-19;/h4,10-11,14H,1,5-9,18H2,2-3H3;1H. The van der Waals surface area contributed by atoms with Crippen molar-refractivity contribution in [3.63, 3.8) is 0 Å². The number of likely N-dealkylation sites (tertiary alicyclic amines) is 1. The number of rotatable bonds is 5. The average Bonchev–Trinajstić information content (AvgIpc) is 2.54. The summed E-state index contributed by atoms with van der Waals surface area (Å²) >= 11 is 0. The molecule has 0 spiro atoms. The van der Waals surface area contributed by atoms with Crippen molar-refractivity contribution in [2.45, 2.75) is 25.3 Å². The summed E-state index contributed by atoms with van der Waals surface area (Å²) < 4.78 is 10.8. The number of hydrogen-bond donors (Lipinski definition) is 1. The number of ether oxygens (including phenoxy) is 2. The molecule has 0 saturated carbocycles. The van der Waals surface area contributed by atoms with Crippen LogP contribution in [0.5, 0.6) is 11.5 Å². The molecule has 1 aromatic carbocycles. The van der Waals surface area contributed by atoms with E-state index in [0.29, 0.717) is 36.6 Å². The molecule has 1 aliphatic rings. The molecule has 1 heterocycles. The number of carbonyl (C=O) groups is 1. The van der Waals surface area contributed by atoms with Gasteiger partial charge in [-0.1, -0.05) is 6.08 Å². The number of allylic oxidation sites excluding steroid dienone is 1. The molecule has 5 nitrogen and oxygen atoms in total. The first-order chi connectivity index (χ1) is 10.6. The number of piperidine rings is 1. The van der Waals surface area contributed by atoms with Gasteiger partial charge in [-0.05, 0) is 31.4 Å². The molecule has 2 rings (SSSR count). The molecule has 0 aliphatic carbocycles. The van der Waals surface area contributed by atoms with E-state index in [1.54, 1.807) is 26.4 Å². The first-order valence-electron chi connectivity index (χ1n) is 7.51. The van der Waals surface area contributed by atoms with Crippen LogP contribution in [-0.4, -0.2) is 44.2 Å². The van der Waals surface area contributed by atoms with Gasteiger partial charge >= 0.3 is 0 Å². The minimum Gasteiger partial charge on any atom is -0.493 e. The van der Waals surface area contributed by atoms with Crippen LogP contribution in [-0.2, 0) is 6.42 Å². The lowest BCUT2D eigenvalue weighted by molar-refractivity contribution is 0.0714. The second kappa shape index (κ2) is 8.79. The molecule has 1 aromatic rings. The number of methoxy groups -OCH3 is 2. The molecule has 128 valence electrons. The SMILES string of the molecule is C=CCc1cc(C(=O)N2CCC(N)CC2)cc(OC)c1OC.Cl. The van der Waals surface area contributed by atoms with Gasteiger partial charge in [0.15, 0.2) is 11.5 Å². The van der Waals surface area contributed by atoms with Crippen LogP contribution in [0.3, 0.4) is 0 Å². The number of nitrogens with two attached hydrogens (primary N) is 1. The Morgan fingerprint density at radius 2 is 2.00 bits per heavy atom. The molecule has 0 atom stereocenters. The van der Waals surface area contributed by atoms with Crippen LogP contribution in [0.4, 0.5) is 0 Å². The Bertz CT molecular complexity index is 555. The van der Waals surface area contributed by atoms with Crippen LogP contribution < -0.4 is 15.2 Å². The zero-order valence-electron chi connectivity index (χ0n) is 13.7. The van der Waals surface area contributed by atoms with Crippen LogP contribution in [0.25, 0.3) is 0 Å². The van der Waals surface area contributed by atoms with Crippen molar-refractivity contribution in [3.05, 3.63) is 35.9 Å². The summed E-state index contributed by atoms with van der Waals surface area (Å²) in [5, 5.41) is 0. The lowest BCUT2D eigenvalue weighted by atomic mass is 10.0. The zero-order chi connectivity index (χ0) is 16.1. The summed E-state index contributed by atoms with van der Waals surface area (Å²) in [4.78, 5) is 14.5. The average molecular weight is 341 g/mol. The number of carbonyl (C=O) groups excluding carboxylic acids is 1. The Labute approximate surface area is 143 Å². The van der Waals surface area contributed by atoms with Crippen molar-refractivity contribution in [1.29, 1.82) is 0 Å². The van der Waals surface area contributed by atoms with Gasteiger partial charge in [0.1, 0.15) is 0 Å². The van der Waals surface area contributed by atoms with Crippen molar-refractivity contribution in [2.75, 3.05) is 27.3 Å². The van der Waals surface area contributed by atoms with Gasteiger partial charge in [-0.3, -0.25) is 4.79 Å². The van der Waals surface area contributed by atoms with Crippen molar-refractivity contribution >= 4 is 18.3 Å². The predicted octanol–water partition coefficient (Wildman–Crippen LogP) is 2.42. The van der Waals surface area contributed by atoms with Gasteiger partial charge in [0.2, 0.25) is 0 Å². The normalized spacial score (nSPS) is 14.8. The molecule has 0 bridgehead atoms. The highest BCUT2D eigenvalue weighted by atomic mass is 35.5. The van der Waals surface area contributed by atoms with Gasteiger partial charge in [0.25, 0.3) is 5.91 Å². The third-order valence-corrected chi connectivity index (χ3v) is 3.99. The van der Waals surface area contributed by atoms with Gasteiger partial charge in [0, 0.05) is 30.3 Å². The Hall–Kier alpha value is -1.72. The van der Waals surface area contributed by atoms with E-state index in [9.17, 15) is 4.79 Å². The molecular formula is C17H25ClN2O3. The summed E-state index contributed by atoms with van der Waals surface area (Å²) in [6.07, 6.45) is 4.09. The number of nitrogens with zero attached hydrogens (tertiary/aromatic N) is 1. The van der Waals surface area contributed by atoms with Crippen LogP contribution >= 0.6 is 12.4 Å². The van der Waals surface area contributed by atoms with E-state index < -0.39 is 0 Å². The smallest absolute Gasteiger partial charge is 0.254 e. The topological polar surface area (TPSA) is 64.8 Å². The van der Waals surface area contributed by atoms with Gasteiger partial charge in [-0.2, -0.15) is 0 Å². The zero-order valence-corrected chi connectivity index (χ0v) is 14.5. The maximum absolute atomic E-state index is 12.7. The number of hydrogen-bond acceptors (Lipinski definition) is 4. The van der Waals surface area contributed by atoms with Crippen LogP contribution in [0.2, 0.25) is 0 Å². The number of amides is 1. The largest absolute Gasteiger partial charge is 0.493 e. The first kappa shape index (κ1) is 19.3. The molecule has 0 unspecified atom stereocenters. The summed E-state index contributed by atoms with van der Waals surface area (Å²) in [7, 11) is 3.17. The van der Waals surface area contributed by atoms with Gasteiger partial charge in [0.05, 0.1) is 14.2 Å². The van der Waals surface area contributed by atoms with Crippen LogP contribution in [0.15, 0.2) is 24.8 Å². The Morgan fingerprint density at radius 1 is 1.35 bits per heavy atom. The Morgan fingerprint density at radius 3 is 2.52 bits per heavy atom. The van der Waals surface area contributed by atoms with E-state index in [4.69, 9.17) is 15.2 Å². The fraction of sp³-hybridized carbons (Fsp3) is 0.471. The lowest BCUT2D eigenvalue weighted by Crippen LogP contribution is -2.42. The monoisotopic (exact) mass is 340 g/mol. The third-order valence-electron chi connectivity index (χ3n) is 3.99. The van der Waals surface area contributed by atoms with Crippen LogP contribution in [0.1, 0.15) is 28.8 Å². The Balaban J connectivity index is 0.00000264. The third kappa shape index (κ3) is 4.39.